The van der Waals surface area contributed by atoms with Crippen molar-refractivity contribution in [2.45, 2.75) is 39.2 Å². The summed E-state index contributed by atoms with van der Waals surface area (Å²) in [5.41, 5.74) is 1.44. The first-order valence-corrected chi connectivity index (χ1v) is 6.59. The third kappa shape index (κ3) is 3.08. The number of hydrogen-bond donors (Lipinski definition) is 1. The van der Waals surface area contributed by atoms with Crippen LogP contribution in [0.5, 0.6) is 0 Å². The first-order chi connectivity index (χ1) is 7.81. The van der Waals surface area contributed by atoms with Crippen molar-refractivity contribution in [1.82, 2.24) is 5.32 Å². The molecule has 1 aromatic carbocycles. The minimum Gasteiger partial charge on any atom is -0.310 e. The smallest absolute Gasteiger partial charge is 0.0320 e. The summed E-state index contributed by atoms with van der Waals surface area (Å²) < 4.78 is 0. The van der Waals surface area contributed by atoms with Gasteiger partial charge < -0.3 is 5.32 Å². The second-order valence-corrected chi connectivity index (χ2v) is 5.13. The third-order valence-electron chi connectivity index (χ3n) is 3.68. The van der Waals surface area contributed by atoms with Crippen LogP contribution < -0.4 is 5.32 Å². The Morgan fingerprint density at radius 2 is 2.00 bits per heavy atom. The fourth-order valence-electron chi connectivity index (χ4n) is 2.34. The number of benzene rings is 1. The molecule has 0 spiro atoms. The summed E-state index contributed by atoms with van der Waals surface area (Å²) in [5, 5.41) is 3.73. The van der Waals surface area contributed by atoms with E-state index in [9.17, 15) is 0 Å². The van der Waals surface area contributed by atoms with Gasteiger partial charge >= 0.3 is 0 Å². The standard InChI is InChI=1S/C15H23N/c1-3-7-15(13-8-5-4-6-9-13)16-11-14-10-12(14)2/h4-6,8-9,12,14-16H,3,7,10-11H2,1-2H3. The Morgan fingerprint density at radius 3 is 2.56 bits per heavy atom. The lowest BCUT2D eigenvalue weighted by Gasteiger charge is -2.18. The molecule has 1 aromatic rings. The molecule has 0 bridgehead atoms. The summed E-state index contributed by atoms with van der Waals surface area (Å²) >= 11 is 0. The summed E-state index contributed by atoms with van der Waals surface area (Å²) in [6, 6.07) is 11.4. The maximum absolute atomic E-state index is 3.73. The quantitative estimate of drug-likeness (QED) is 0.764. The highest BCUT2D eigenvalue weighted by molar-refractivity contribution is 5.18. The minimum atomic E-state index is 0.555. The van der Waals surface area contributed by atoms with Gasteiger partial charge in [0.15, 0.2) is 0 Å². The topological polar surface area (TPSA) is 12.0 Å². The molecule has 1 N–H and O–H groups in total. The summed E-state index contributed by atoms with van der Waals surface area (Å²) in [5.74, 6) is 1.88. The molecule has 0 saturated heterocycles. The number of rotatable bonds is 6. The highest BCUT2D eigenvalue weighted by atomic mass is 14.9. The van der Waals surface area contributed by atoms with Gasteiger partial charge in [0.1, 0.15) is 0 Å². The van der Waals surface area contributed by atoms with Crippen LogP contribution in [0.15, 0.2) is 30.3 Å². The lowest BCUT2D eigenvalue weighted by Crippen LogP contribution is -2.23. The molecule has 3 unspecified atom stereocenters. The lowest BCUT2D eigenvalue weighted by atomic mass is 10.0. The van der Waals surface area contributed by atoms with E-state index in [2.05, 4.69) is 49.5 Å². The van der Waals surface area contributed by atoms with E-state index >= 15 is 0 Å². The van der Waals surface area contributed by atoms with Crippen molar-refractivity contribution < 1.29 is 0 Å². The molecule has 1 aliphatic carbocycles. The summed E-state index contributed by atoms with van der Waals surface area (Å²) in [6.45, 7) is 5.81. The Kier molecular flexibility index (Phi) is 4.00. The predicted molar refractivity (Wildman–Crippen MR) is 69.4 cm³/mol. The predicted octanol–water partition coefficient (Wildman–Crippen LogP) is 3.77. The maximum atomic E-state index is 3.73. The summed E-state index contributed by atoms with van der Waals surface area (Å²) in [4.78, 5) is 0. The van der Waals surface area contributed by atoms with E-state index in [-0.39, 0.29) is 0 Å². The van der Waals surface area contributed by atoms with Gasteiger partial charge in [0.05, 0.1) is 0 Å². The molecule has 0 aromatic heterocycles. The van der Waals surface area contributed by atoms with Crippen molar-refractivity contribution in [2.24, 2.45) is 11.8 Å². The van der Waals surface area contributed by atoms with Crippen LogP contribution in [0.25, 0.3) is 0 Å². The van der Waals surface area contributed by atoms with E-state index in [1.54, 1.807) is 0 Å². The van der Waals surface area contributed by atoms with Crippen LogP contribution in [0, 0.1) is 11.8 Å². The van der Waals surface area contributed by atoms with Crippen molar-refractivity contribution in [3.05, 3.63) is 35.9 Å². The summed E-state index contributed by atoms with van der Waals surface area (Å²) in [6.07, 6.45) is 3.90. The van der Waals surface area contributed by atoms with Crippen molar-refractivity contribution in [2.75, 3.05) is 6.54 Å². The van der Waals surface area contributed by atoms with Gasteiger partial charge in [-0.1, -0.05) is 50.6 Å². The Morgan fingerprint density at radius 1 is 1.31 bits per heavy atom. The van der Waals surface area contributed by atoms with Gasteiger partial charge in [-0.15, -0.1) is 0 Å². The zero-order valence-electron chi connectivity index (χ0n) is 10.4. The molecule has 2 rings (SSSR count). The van der Waals surface area contributed by atoms with E-state index in [4.69, 9.17) is 0 Å². The fraction of sp³-hybridized carbons (Fsp3) is 0.600. The Labute approximate surface area is 99.3 Å². The molecule has 0 heterocycles. The first kappa shape index (κ1) is 11.7. The van der Waals surface area contributed by atoms with Gasteiger partial charge in [0.25, 0.3) is 0 Å². The molecule has 0 radical (unpaired) electrons. The van der Waals surface area contributed by atoms with Crippen LogP contribution in [0.3, 0.4) is 0 Å². The second kappa shape index (κ2) is 5.49. The molecule has 1 nitrogen and oxygen atoms in total. The molecule has 1 fully saturated rings. The van der Waals surface area contributed by atoms with E-state index in [0.717, 1.165) is 11.8 Å². The molecule has 0 aliphatic heterocycles. The van der Waals surface area contributed by atoms with Gasteiger partial charge in [-0.3, -0.25) is 0 Å². The first-order valence-electron chi connectivity index (χ1n) is 6.59. The van der Waals surface area contributed by atoms with Crippen LogP contribution in [0.1, 0.15) is 44.7 Å². The Balaban J connectivity index is 1.89. The Bertz CT molecular complexity index is 306. The summed E-state index contributed by atoms with van der Waals surface area (Å²) in [7, 11) is 0. The van der Waals surface area contributed by atoms with Crippen LogP contribution in [-0.2, 0) is 0 Å². The van der Waals surface area contributed by atoms with Gasteiger partial charge in [-0.25, -0.2) is 0 Å². The minimum absolute atomic E-state index is 0.555. The van der Waals surface area contributed by atoms with Crippen LogP contribution in [0.2, 0.25) is 0 Å². The monoisotopic (exact) mass is 217 g/mol. The fourth-order valence-corrected chi connectivity index (χ4v) is 2.34. The molecule has 1 heteroatoms. The molecule has 1 aliphatic rings. The van der Waals surface area contributed by atoms with Crippen LogP contribution in [-0.4, -0.2) is 6.54 Å². The zero-order chi connectivity index (χ0) is 11.4. The molecular formula is C15H23N. The van der Waals surface area contributed by atoms with Crippen molar-refractivity contribution in [3.8, 4) is 0 Å². The molecule has 1 saturated carbocycles. The molecule has 0 amide bonds. The zero-order valence-corrected chi connectivity index (χ0v) is 10.4. The highest BCUT2D eigenvalue weighted by Gasteiger charge is 2.32. The average molecular weight is 217 g/mol. The normalized spacial score (nSPS) is 25.4. The lowest BCUT2D eigenvalue weighted by molar-refractivity contribution is 0.473. The molecular weight excluding hydrogens is 194 g/mol. The largest absolute Gasteiger partial charge is 0.310 e. The van der Waals surface area contributed by atoms with Crippen LogP contribution >= 0.6 is 0 Å². The Hall–Kier alpha value is -0.820. The molecule has 16 heavy (non-hydrogen) atoms. The molecule has 3 atom stereocenters. The SMILES string of the molecule is CCCC(NCC1CC1C)c1ccccc1. The van der Waals surface area contributed by atoms with E-state index < -0.39 is 0 Å². The van der Waals surface area contributed by atoms with Gasteiger partial charge in [-0.05, 0) is 36.8 Å². The van der Waals surface area contributed by atoms with E-state index in [1.807, 2.05) is 0 Å². The number of nitrogens with one attached hydrogen (secondary N) is 1. The van der Waals surface area contributed by atoms with Crippen molar-refractivity contribution in [1.29, 1.82) is 0 Å². The number of hydrogen-bond acceptors (Lipinski definition) is 1. The van der Waals surface area contributed by atoms with Gasteiger partial charge in [0, 0.05) is 6.04 Å². The van der Waals surface area contributed by atoms with Gasteiger partial charge in [-0.2, -0.15) is 0 Å². The van der Waals surface area contributed by atoms with Crippen molar-refractivity contribution in [3.63, 3.8) is 0 Å². The third-order valence-corrected chi connectivity index (χ3v) is 3.68. The second-order valence-electron chi connectivity index (χ2n) is 5.13. The highest BCUT2D eigenvalue weighted by Crippen LogP contribution is 2.37. The van der Waals surface area contributed by atoms with E-state index in [0.29, 0.717) is 6.04 Å². The maximum Gasteiger partial charge on any atom is 0.0320 e. The van der Waals surface area contributed by atoms with Crippen molar-refractivity contribution >= 4 is 0 Å². The van der Waals surface area contributed by atoms with Crippen LogP contribution in [0.4, 0.5) is 0 Å². The van der Waals surface area contributed by atoms with Gasteiger partial charge in [0.2, 0.25) is 0 Å². The molecule has 88 valence electrons. The van der Waals surface area contributed by atoms with E-state index in [1.165, 1.54) is 31.4 Å². The average Bonchev–Trinajstić information content (AvgIpc) is 3.02.